The second kappa shape index (κ2) is 6.34. The number of hydrogen-bond acceptors (Lipinski definition) is 2. The molecule has 90 valence electrons. The SMILES string of the molecule is N#CC(OCc1ccccc1)c1ccc(Br)cc1. The van der Waals surface area contributed by atoms with Gasteiger partial charge in [0.05, 0.1) is 12.7 Å². The molecule has 18 heavy (non-hydrogen) atoms. The van der Waals surface area contributed by atoms with Crippen LogP contribution >= 0.6 is 15.9 Å². The summed E-state index contributed by atoms with van der Waals surface area (Å²) in [5.41, 5.74) is 1.94. The summed E-state index contributed by atoms with van der Waals surface area (Å²) >= 11 is 3.37. The van der Waals surface area contributed by atoms with Crippen LogP contribution in [0.3, 0.4) is 0 Å². The molecule has 0 N–H and O–H groups in total. The van der Waals surface area contributed by atoms with E-state index in [-0.39, 0.29) is 0 Å². The van der Waals surface area contributed by atoms with E-state index in [4.69, 9.17) is 10.00 Å². The van der Waals surface area contributed by atoms with Crippen LogP contribution in [0.1, 0.15) is 17.2 Å². The van der Waals surface area contributed by atoms with Crippen LogP contribution in [0.15, 0.2) is 59.1 Å². The minimum atomic E-state index is -0.529. The molecule has 2 aromatic rings. The number of hydrogen-bond donors (Lipinski definition) is 0. The number of nitrogens with zero attached hydrogens (tertiary/aromatic N) is 1. The first-order chi connectivity index (χ1) is 8.79. The van der Waals surface area contributed by atoms with Gasteiger partial charge in [0.2, 0.25) is 0 Å². The maximum absolute atomic E-state index is 9.14. The van der Waals surface area contributed by atoms with E-state index in [9.17, 15) is 0 Å². The maximum atomic E-state index is 9.14. The van der Waals surface area contributed by atoms with Gasteiger partial charge in [-0.05, 0) is 23.3 Å². The quantitative estimate of drug-likeness (QED) is 0.846. The van der Waals surface area contributed by atoms with Crippen LogP contribution in [-0.4, -0.2) is 0 Å². The molecule has 0 bridgehead atoms. The molecule has 0 aliphatic rings. The lowest BCUT2D eigenvalue weighted by molar-refractivity contribution is 0.0767. The summed E-state index contributed by atoms with van der Waals surface area (Å²) in [6.07, 6.45) is -0.529. The Balaban J connectivity index is 2.02. The number of rotatable bonds is 4. The highest BCUT2D eigenvalue weighted by molar-refractivity contribution is 9.10. The lowest BCUT2D eigenvalue weighted by Gasteiger charge is -2.11. The molecule has 2 aromatic carbocycles. The van der Waals surface area contributed by atoms with Gasteiger partial charge in [-0.25, -0.2) is 0 Å². The Morgan fingerprint density at radius 2 is 1.72 bits per heavy atom. The summed E-state index contributed by atoms with van der Waals surface area (Å²) in [7, 11) is 0. The van der Waals surface area contributed by atoms with Crippen LogP contribution in [0.2, 0.25) is 0 Å². The molecule has 0 aliphatic carbocycles. The van der Waals surface area contributed by atoms with Crippen LogP contribution in [0.25, 0.3) is 0 Å². The van der Waals surface area contributed by atoms with Crippen molar-refractivity contribution in [2.45, 2.75) is 12.7 Å². The van der Waals surface area contributed by atoms with Crippen molar-refractivity contribution >= 4 is 15.9 Å². The fourth-order valence-corrected chi connectivity index (χ4v) is 1.86. The van der Waals surface area contributed by atoms with Crippen molar-refractivity contribution in [1.82, 2.24) is 0 Å². The molecule has 2 rings (SSSR count). The number of halogens is 1. The number of benzene rings is 2. The number of nitriles is 1. The first-order valence-electron chi connectivity index (χ1n) is 5.60. The molecule has 0 amide bonds. The fraction of sp³-hybridized carbons (Fsp3) is 0.133. The van der Waals surface area contributed by atoms with Gasteiger partial charge < -0.3 is 4.74 Å². The third kappa shape index (κ3) is 3.43. The predicted octanol–water partition coefficient (Wildman–Crippen LogP) is 4.23. The van der Waals surface area contributed by atoms with E-state index in [0.29, 0.717) is 6.61 Å². The Morgan fingerprint density at radius 1 is 1.06 bits per heavy atom. The van der Waals surface area contributed by atoms with Gasteiger partial charge in [-0.2, -0.15) is 5.26 Å². The molecule has 2 nitrogen and oxygen atoms in total. The first kappa shape index (κ1) is 12.8. The Labute approximate surface area is 115 Å². The van der Waals surface area contributed by atoms with E-state index in [1.165, 1.54) is 0 Å². The van der Waals surface area contributed by atoms with Crippen molar-refractivity contribution in [3.05, 3.63) is 70.2 Å². The van der Waals surface area contributed by atoms with Crippen molar-refractivity contribution in [3.63, 3.8) is 0 Å². The standard InChI is InChI=1S/C15H12BrNO/c16-14-8-6-13(7-9-14)15(10-17)18-11-12-4-2-1-3-5-12/h1-9,15H,11H2. The van der Waals surface area contributed by atoms with Gasteiger partial charge in [-0.3, -0.25) is 0 Å². The van der Waals surface area contributed by atoms with Crippen molar-refractivity contribution in [1.29, 1.82) is 5.26 Å². The maximum Gasteiger partial charge on any atom is 0.169 e. The van der Waals surface area contributed by atoms with Crippen molar-refractivity contribution < 1.29 is 4.74 Å². The zero-order chi connectivity index (χ0) is 12.8. The summed E-state index contributed by atoms with van der Waals surface area (Å²) < 4.78 is 6.62. The average Bonchev–Trinajstić information content (AvgIpc) is 2.42. The van der Waals surface area contributed by atoms with Crippen molar-refractivity contribution in [3.8, 4) is 6.07 Å². The third-order valence-corrected chi connectivity index (χ3v) is 3.08. The largest absolute Gasteiger partial charge is 0.354 e. The molecule has 0 saturated carbocycles. The molecule has 0 spiro atoms. The summed E-state index contributed by atoms with van der Waals surface area (Å²) in [4.78, 5) is 0. The molecular formula is C15H12BrNO. The highest BCUT2D eigenvalue weighted by atomic mass is 79.9. The highest BCUT2D eigenvalue weighted by Gasteiger charge is 2.10. The van der Waals surface area contributed by atoms with Gasteiger partial charge in [0, 0.05) is 4.47 Å². The van der Waals surface area contributed by atoms with Crippen LogP contribution in [-0.2, 0) is 11.3 Å². The van der Waals surface area contributed by atoms with E-state index >= 15 is 0 Å². The van der Waals surface area contributed by atoms with Gasteiger partial charge >= 0.3 is 0 Å². The van der Waals surface area contributed by atoms with Crippen molar-refractivity contribution in [2.24, 2.45) is 0 Å². The summed E-state index contributed by atoms with van der Waals surface area (Å²) in [5, 5.41) is 9.14. The van der Waals surface area contributed by atoms with Gasteiger partial charge in [0.25, 0.3) is 0 Å². The van der Waals surface area contributed by atoms with E-state index in [0.717, 1.165) is 15.6 Å². The predicted molar refractivity (Wildman–Crippen MR) is 73.7 cm³/mol. The van der Waals surface area contributed by atoms with E-state index in [1.807, 2.05) is 54.6 Å². The summed E-state index contributed by atoms with van der Waals surface area (Å²) in [6.45, 7) is 0.440. The van der Waals surface area contributed by atoms with Crippen LogP contribution in [0.4, 0.5) is 0 Å². The molecule has 0 aromatic heterocycles. The van der Waals surface area contributed by atoms with E-state index in [1.54, 1.807) is 0 Å². The lowest BCUT2D eigenvalue weighted by Crippen LogP contribution is -2.02. The van der Waals surface area contributed by atoms with Gasteiger partial charge in [-0.15, -0.1) is 0 Å². The molecule has 0 aliphatic heterocycles. The second-order valence-electron chi connectivity index (χ2n) is 3.86. The van der Waals surface area contributed by atoms with Crippen LogP contribution in [0.5, 0.6) is 0 Å². The molecule has 1 atom stereocenters. The Bertz CT molecular complexity index is 531. The second-order valence-corrected chi connectivity index (χ2v) is 4.77. The smallest absolute Gasteiger partial charge is 0.169 e. The Kier molecular flexibility index (Phi) is 4.52. The molecular weight excluding hydrogens is 290 g/mol. The van der Waals surface area contributed by atoms with Gasteiger partial charge in [0.15, 0.2) is 6.10 Å². The molecule has 0 fully saturated rings. The summed E-state index contributed by atoms with van der Waals surface area (Å²) in [6, 6.07) is 19.6. The van der Waals surface area contributed by atoms with E-state index < -0.39 is 6.10 Å². The summed E-state index contributed by atoms with van der Waals surface area (Å²) in [5.74, 6) is 0. The van der Waals surface area contributed by atoms with Gasteiger partial charge in [-0.1, -0.05) is 58.4 Å². The molecule has 1 unspecified atom stereocenters. The molecule has 0 heterocycles. The molecule has 0 radical (unpaired) electrons. The Morgan fingerprint density at radius 3 is 2.33 bits per heavy atom. The van der Waals surface area contributed by atoms with Crippen LogP contribution in [0, 0.1) is 11.3 Å². The topological polar surface area (TPSA) is 33.0 Å². The third-order valence-electron chi connectivity index (χ3n) is 2.55. The van der Waals surface area contributed by atoms with Crippen LogP contribution < -0.4 is 0 Å². The fourth-order valence-electron chi connectivity index (χ4n) is 1.60. The number of ether oxygens (including phenoxy) is 1. The zero-order valence-corrected chi connectivity index (χ0v) is 11.3. The Hall–Kier alpha value is -1.63. The van der Waals surface area contributed by atoms with E-state index in [2.05, 4.69) is 22.0 Å². The normalized spacial score (nSPS) is 11.8. The highest BCUT2D eigenvalue weighted by Crippen LogP contribution is 2.20. The first-order valence-corrected chi connectivity index (χ1v) is 6.39. The molecule has 0 saturated heterocycles. The minimum absolute atomic E-state index is 0.440. The lowest BCUT2D eigenvalue weighted by atomic mass is 10.1. The zero-order valence-electron chi connectivity index (χ0n) is 9.71. The van der Waals surface area contributed by atoms with Crippen molar-refractivity contribution in [2.75, 3.05) is 0 Å². The monoisotopic (exact) mass is 301 g/mol. The van der Waals surface area contributed by atoms with Gasteiger partial charge in [0.1, 0.15) is 0 Å². The molecule has 3 heteroatoms. The average molecular weight is 302 g/mol. The minimum Gasteiger partial charge on any atom is -0.354 e.